The molecule has 2 aromatic carbocycles. The number of halogens is 2. The van der Waals surface area contributed by atoms with Crippen LogP contribution in [0.15, 0.2) is 68.0 Å². The quantitative estimate of drug-likeness (QED) is 0.450. The van der Waals surface area contributed by atoms with Gasteiger partial charge in [0.15, 0.2) is 5.78 Å². The van der Waals surface area contributed by atoms with E-state index >= 15 is 0 Å². The highest BCUT2D eigenvalue weighted by Crippen LogP contribution is 2.58. The monoisotopic (exact) mass is 613 g/mol. The fourth-order valence-corrected chi connectivity index (χ4v) is 6.91. The average Bonchev–Trinajstić information content (AvgIpc) is 3.05. The van der Waals surface area contributed by atoms with Gasteiger partial charge in [-0.25, -0.2) is 4.79 Å². The number of carbonyl (C=O) groups is 3. The van der Waals surface area contributed by atoms with E-state index in [2.05, 4.69) is 37.2 Å². The summed E-state index contributed by atoms with van der Waals surface area (Å²) in [4.78, 5) is 43.2. The number of ketones is 1. The highest BCUT2D eigenvalue weighted by Gasteiger charge is 2.63. The van der Waals surface area contributed by atoms with Gasteiger partial charge in [-0.1, -0.05) is 47.5 Å². The number of esters is 1. The van der Waals surface area contributed by atoms with Crippen LogP contribution in [0.2, 0.25) is 0 Å². The first kappa shape index (κ1) is 24.8. The van der Waals surface area contributed by atoms with Gasteiger partial charge >= 0.3 is 5.97 Å². The zero-order valence-electron chi connectivity index (χ0n) is 20.3. The smallest absolute Gasteiger partial charge is 0.339 e. The maximum Gasteiger partial charge on any atom is 0.339 e. The minimum atomic E-state index is -1.71. The van der Waals surface area contributed by atoms with Crippen molar-refractivity contribution in [3.05, 3.63) is 79.1 Å². The first-order chi connectivity index (χ1) is 16.9. The van der Waals surface area contributed by atoms with Gasteiger partial charge in [0.1, 0.15) is 16.8 Å². The number of nitrogens with zero attached hydrogens (tertiary/aromatic N) is 1. The number of nitrogens with two attached hydrogens (primary N) is 1. The number of allylic oxidation sites excluding steroid dienone is 1. The number of fused-ring (bicyclic) bond motifs is 3. The lowest BCUT2D eigenvalue weighted by molar-refractivity contribution is -0.138. The molecule has 0 saturated carbocycles. The van der Waals surface area contributed by atoms with Crippen LogP contribution in [0.3, 0.4) is 0 Å². The van der Waals surface area contributed by atoms with Crippen LogP contribution in [-0.4, -0.2) is 24.8 Å². The van der Waals surface area contributed by atoms with Crippen LogP contribution in [-0.2, 0) is 24.5 Å². The summed E-state index contributed by atoms with van der Waals surface area (Å²) in [6, 6.07) is 11.1. The molecule has 0 radical (unpaired) electrons. The summed E-state index contributed by atoms with van der Waals surface area (Å²) in [5.41, 5.74) is 8.17. The minimum absolute atomic E-state index is 0.0543. The van der Waals surface area contributed by atoms with E-state index in [0.29, 0.717) is 33.5 Å². The lowest BCUT2D eigenvalue weighted by Crippen LogP contribution is -2.54. The SMILES string of the molecule is COC(=O)C1=C(N)N(c2ccc(Br)cc2Br)C2=C(C(=O)CC(C)(C)C2)C12C(=O)Nc1ccc(C)cc12. The summed E-state index contributed by atoms with van der Waals surface area (Å²) in [7, 11) is 1.25. The summed E-state index contributed by atoms with van der Waals surface area (Å²) in [5.74, 6) is -1.39. The molecule has 3 aliphatic rings. The lowest BCUT2D eigenvalue weighted by atomic mass is 9.60. The Morgan fingerprint density at radius 3 is 2.50 bits per heavy atom. The number of nitrogens with one attached hydrogen (secondary N) is 1. The number of aryl methyl sites for hydroxylation is 1. The van der Waals surface area contributed by atoms with Crippen molar-refractivity contribution in [1.29, 1.82) is 0 Å². The largest absolute Gasteiger partial charge is 0.466 e. The Labute approximate surface area is 226 Å². The van der Waals surface area contributed by atoms with Crippen molar-refractivity contribution >= 4 is 60.9 Å². The molecule has 0 aromatic heterocycles. The molecule has 1 spiro atoms. The van der Waals surface area contributed by atoms with Gasteiger partial charge < -0.3 is 15.8 Å². The molecule has 2 aromatic rings. The van der Waals surface area contributed by atoms with Gasteiger partial charge in [0.25, 0.3) is 0 Å². The van der Waals surface area contributed by atoms with Gasteiger partial charge in [0, 0.05) is 37.9 Å². The normalized spacial score (nSPS) is 22.6. The first-order valence-corrected chi connectivity index (χ1v) is 13.0. The molecule has 36 heavy (non-hydrogen) atoms. The highest BCUT2D eigenvalue weighted by atomic mass is 79.9. The van der Waals surface area contributed by atoms with E-state index in [-0.39, 0.29) is 34.6 Å². The van der Waals surface area contributed by atoms with E-state index in [9.17, 15) is 14.4 Å². The van der Waals surface area contributed by atoms with Crippen LogP contribution in [0.1, 0.15) is 37.8 Å². The Morgan fingerprint density at radius 1 is 1.11 bits per heavy atom. The van der Waals surface area contributed by atoms with Crippen molar-refractivity contribution in [3.63, 3.8) is 0 Å². The molecule has 2 aliphatic heterocycles. The summed E-state index contributed by atoms with van der Waals surface area (Å²) in [6.45, 7) is 5.92. The zero-order valence-corrected chi connectivity index (χ0v) is 23.5. The van der Waals surface area contributed by atoms with Gasteiger partial charge in [-0.2, -0.15) is 0 Å². The first-order valence-electron chi connectivity index (χ1n) is 11.5. The topological polar surface area (TPSA) is 102 Å². The summed E-state index contributed by atoms with van der Waals surface area (Å²) in [6.07, 6.45) is 0.702. The van der Waals surface area contributed by atoms with Gasteiger partial charge in [0.05, 0.1) is 12.8 Å². The van der Waals surface area contributed by atoms with Gasteiger partial charge in [-0.3, -0.25) is 14.5 Å². The van der Waals surface area contributed by atoms with E-state index in [0.717, 1.165) is 10.0 Å². The van der Waals surface area contributed by atoms with Gasteiger partial charge in [0.2, 0.25) is 5.91 Å². The van der Waals surface area contributed by atoms with Crippen molar-refractivity contribution < 1.29 is 19.1 Å². The number of Topliss-reactive ketones (excluding diaryl/α,β-unsaturated/α-hetero) is 1. The Bertz CT molecular complexity index is 1440. The Hall–Kier alpha value is -2.91. The van der Waals surface area contributed by atoms with Crippen molar-refractivity contribution in [1.82, 2.24) is 0 Å². The summed E-state index contributed by atoms with van der Waals surface area (Å²) >= 11 is 7.09. The third-order valence-corrected chi connectivity index (χ3v) is 8.21. The molecule has 1 aliphatic carbocycles. The molecule has 0 bridgehead atoms. The maximum absolute atomic E-state index is 14.0. The number of benzene rings is 2. The second kappa shape index (κ2) is 8.31. The molecule has 9 heteroatoms. The number of ether oxygens (including phenoxy) is 1. The van der Waals surface area contributed by atoms with E-state index in [1.165, 1.54) is 7.11 Å². The summed E-state index contributed by atoms with van der Waals surface area (Å²) in [5, 5.41) is 2.91. The lowest BCUT2D eigenvalue weighted by Gasteiger charge is -2.47. The molecule has 5 rings (SSSR count). The Balaban J connectivity index is 1.95. The fourth-order valence-electron chi connectivity index (χ4n) is 5.69. The number of methoxy groups -OCH3 is 1. The Morgan fingerprint density at radius 2 is 1.83 bits per heavy atom. The van der Waals surface area contributed by atoms with E-state index in [1.54, 1.807) is 11.0 Å². The van der Waals surface area contributed by atoms with Crippen molar-refractivity contribution in [2.24, 2.45) is 11.1 Å². The van der Waals surface area contributed by atoms with Crippen molar-refractivity contribution in [2.75, 3.05) is 17.3 Å². The standard InChI is InChI=1S/C27H25Br2N3O4/c1-13-5-7-17-15(9-13)27(25(35)31-17)21-19(11-26(2,3)12-20(21)33)32(23(30)22(27)24(34)36-4)18-8-6-14(28)10-16(18)29/h5-10H,11-12,30H2,1-4H3,(H,31,35). The highest BCUT2D eigenvalue weighted by molar-refractivity contribution is 9.11. The van der Waals surface area contributed by atoms with Crippen LogP contribution in [0.4, 0.5) is 11.4 Å². The fraction of sp³-hybridized carbons (Fsp3) is 0.296. The molecule has 186 valence electrons. The maximum atomic E-state index is 14.0. The predicted octanol–water partition coefficient (Wildman–Crippen LogP) is 5.22. The minimum Gasteiger partial charge on any atom is -0.466 e. The number of anilines is 2. The molecule has 1 unspecified atom stereocenters. The Kier molecular flexibility index (Phi) is 5.72. The number of carbonyl (C=O) groups excluding carboxylic acids is 3. The van der Waals surface area contributed by atoms with Crippen molar-refractivity contribution in [2.45, 2.75) is 39.0 Å². The van der Waals surface area contributed by atoms with Crippen LogP contribution in [0, 0.1) is 12.3 Å². The number of rotatable bonds is 2. The van der Waals surface area contributed by atoms with E-state index in [1.807, 2.05) is 51.1 Å². The number of hydrogen-bond donors (Lipinski definition) is 2. The molecular formula is C27H25Br2N3O4. The van der Waals surface area contributed by atoms with Crippen LogP contribution in [0.25, 0.3) is 0 Å². The average molecular weight is 615 g/mol. The number of hydrogen-bond acceptors (Lipinski definition) is 6. The molecule has 7 nitrogen and oxygen atoms in total. The van der Waals surface area contributed by atoms with Gasteiger partial charge in [-0.15, -0.1) is 0 Å². The molecule has 0 saturated heterocycles. The molecule has 1 atom stereocenters. The van der Waals surface area contributed by atoms with E-state index < -0.39 is 17.3 Å². The second-order valence-corrected chi connectivity index (χ2v) is 12.0. The third kappa shape index (κ3) is 3.39. The summed E-state index contributed by atoms with van der Waals surface area (Å²) < 4.78 is 6.74. The molecule has 0 fully saturated rings. The van der Waals surface area contributed by atoms with Crippen LogP contribution >= 0.6 is 31.9 Å². The molecular weight excluding hydrogens is 590 g/mol. The predicted molar refractivity (Wildman–Crippen MR) is 144 cm³/mol. The molecule has 2 heterocycles. The van der Waals surface area contributed by atoms with Crippen LogP contribution < -0.4 is 16.0 Å². The molecule has 1 amide bonds. The van der Waals surface area contributed by atoms with Crippen LogP contribution in [0.5, 0.6) is 0 Å². The second-order valence-electron chi connectivity index (χ2n) is 10.2. The van der Waals surface area contributed by atoms with Crippen molar-refractivity contribution in [3.8, 4) is 0 Å². The number of amides is 1. The van der Waals surface area contributed by atoms with E-state index in [4.69, 9.17) is 10.5 Å². The molecule has 3 N–H and O–H groups in total. The third-order valence-electron chi connectivity index (χ3n) is 7.08. The zero-order chi connectivity index (χ0) is 26.2. The van der Waals surface area contributed by atoms with Gasteiger partial charge in [-0.05, 0) is 59.0 Å².